The summed E-state index contributed by atoms with van der Waals surface area (Å²) in [6.07, 6.45) is -0.763. The zero-order valence-electron chi connectivity index (χ0n) is 26.1. The quantitative estimate of drug-likeness (QED) is 0.250. The molecule has 10 heteroatoms. The predicted octanol–water partition coefficient (Wildman–Crippen LogP) is 6.42. The highest BCUT2D eigenvalue weighted by atomic mass is 35.5. The molecule has 1 atom stereocenters. The number of amides is 2. The van der Waals surface area contributed by atoms with Crippen LogP contribution in [0.3, 0.4) is 0 Å². The number of anilines is 1. The number of ether oxygens (including phenoxy) is 3. The average Bonchev–Trinajstić information content (AvgIpc) is 2.90. The highest BCUT2D eigenvalue weighted by Crippen LogP contribution is 2.45. The number of benzene rings is 3. The van der Waals surface area contributed by atoms with Crippen molar-refractivity contribution in [1.29, 1.82) is 0 Å². The van der Waals surface area contributed by atoms with Gasteiger partial charge in [-0.1, -0.05) is 35.9 Å². The molecule has 0 unspecified atom stereocenters. The molecule has 3 aromatic rings. The number of nitrogens with zero attached hydrogens (tertiary/aromatic N) is 2. The summed E-state index contributed by atoms with van der Waals surface area (Å²) in [5.74, 6) is 0.438. The predicted molar refractivity (Wildman–Crippen MR) is 171 cm³/mol. The molecule has 1 saturated heterocycles. The lowest BCUT2D eigenvalue weighted by atomic mass is 9.95. The highest BCUT2D eigenvalue weighted by Gasteiger charge is 2.40. The monoisotopic (exact) mass is 621 g/mol. The molecule has 2 aliphatic heterocycles. The van der Waals surface area contributed by atoms with E-state index in [1.54, 1.807) is 36.6 Å². The van der Waals surface area contributed by atoms with Crippen LogP contribution in [0.15, 0.2) is 48.5 Å². The van der Waals surface area contributed by atoms with E-state index in [2.05, 4.69) is 0 Å². The van der Waals surface area contributed by atoms with Crippen molar-refractivity contribution in [1.82, 2.24) is 4.90 Å². The van der Waals surface area contributed by atoms with E-state index < -0.39 is 17.1 Å². The number of esters is 1. The molecule has 0 aliphatic carbocycles. The topological polar surface area (TPSA) is 111 Å². The van der Waals surface area contributed by atoms with Gasteiger partial charge < -0.3 is 29.7 Å². The lowest BCUT2D eigenvalue weighted by Gasteiger charge is -2.43. The molecule has 0 saturated carbocycles. The molecule has 9 nitrogen and oxygen atoms in total. The molecule has 0 spiro atoms. The second kappa shape index (κ2) is 11.9. The molecule has 0 radical (unpaired) electrons. The van der Waals surface area contributed by atoms with Crippen molar-refractivity contribution in [3.8, 4) is 22.6 Å². The largest absolute Gasteiger partial charge is 0.478 e. The number of nitrogens with two attached hydrogens (primary N) is 1. The summed E-state index contributed by atoms with van der Waals surface area (Å²) in [6.45, 7) is 12.5. The summed E-state index contributed by atoms with van der Waals surface area (Å²) in [6, 6.07) is 15.0. The lowest BCUT2D eigenvalue weighted by molar-refractivity contribution is -0.143. The summed E-state index contributed by atoms with van der Waals surface area (Å²) >= 11 is 6.96. The maximum absolute atomic E-state index is 13.6. The minimum atomic E-state index is -0.751. The maximum Gasteiger partial charge on any atom is 0.410 e. The molecular formula is C34H40ClN3O6. The van der Waals surface area contributed by atoms with Crippen LogP contribution in [0.1, 0.15) is 48.0 Å². The molecule has 44 heavy (non-hydrogen) atoms. The Morgan fingerprint density at radius 2 is 1.73 bits per heavy atom. The molecular weight excluding hydrogens is 582 g/mol. The third-order valence-corrected chi connectivity index (χ3v) is 7.89. The van der Waals surface area contributed by atoms with E-state index in [0.29, 0.717) is 53.8 Å². The zero-order valence-corrected chi connectivity index (χ0v) is 26.9. The first-order valence-electron chi connectivity index (χ1n) is 14.9. The van der Waals surface area contributed by atoms with Crippen LogP contribution in [0.5, 0.6) is 11.5 Å². The fraction of sp³-hybridized carbons (Fsp3) is 0.441. The van der Waals surface area contributed by atoms with Crippen molar-refractivity contribution in [2.45, 2.75) is 59.7 Å². The van der Waals surface area contributed by atoms with Crippen LogP contribution in [0.4, 0.5) is 10.5 Å². The Bertz CT molecular complexity index is 1600. The zero-order chi connectivity index (χ0) is 32.0. The lowest BCUT2D eigenvalue weighted by Crippen LogP contribution is -2.57. The summed E-state index contributed by atoms with van der Waals surface area (Å²) < 4.78 is 17.5. The Balaban J connectivity index is 1.49. The van der Waals surface area contributed by atoms with Crippen molar-refractivity contribution in [2.75, 3.05) is 31.1 Å². The Morgan fingerprint density at radius 3 is 2.39 bits per heavy atom. The van der Waals surface area contributed by atoms with E-state index >= 15 is 0 Å². The van der Waals surface area contributed by atoms with E-state index in [4.69, 9.17) is 31.5 Å². The Hall–Kier alpha value is -3.82. The van der Waals surface area contributed by atoms with E-state index in [1.807, 2.05) is 63.2 Å². The molecule has 0 aromatic heterocycles. The molecule has 0 bridgehead atoms. The summed E-state index contributed by atoms with van der Waals surface area (Å²) in [5, 5.41) is 2.22. The van der Waals surface area contributed by atoms with E-state index in [0.717, 1.165) is 16.3 Å². The standard InChI is InChI=1S/C34H40ClN3O6/c1-33(2,3)31(40)42-22-13-21-9-7-8-10-23(21)24(14-22)25-15-29-27(16-26(25)35)38(30(39)28(43-29)11-12-36)19-20-17-37(18-20)32(41)44-34(4,5)6/h7-10,13-16,20,28H,11-12,17-19,36H2,1-6H3/t28-/m0/s1. The molecule has 1 fully saturated rings. The second-order valence-corrected chi connectivity index (χ2v) is 13.9. The number of hydrogen-bond donors (Lipinski definition) is 1. The number of hydrogen-bond acceptors (Lipinski definition) is 7. The van der Waals surface area contributed by atoms with E-state index in [9.17, 15) is 14.4 Å². The fourth-order valence-electron chi connectivity index (χ4n) is 5.32. The van der Waals surface area contributed by atoms with Gasteiger partial charge in [0.25, 0.3) is 5.91 Å². The van der Waals surface area contributed by atoms with Crippen LogP contribution in [0, 0.1) is 11.3 Å². The molecule has 234 valence electrons. The van der Waals surface area contributed by atoms with E-state index in [1.165, 1.54) is 0 Å². The van der Waals surface area contributed by atoms with Crippen LogP contribution in [-0.4, -0.2) is 60.8 Å². The number of likely N-dealkylation sites (tertiary alicyclic amines) is 1. The summed E-state index contributed by atoms with van der Waals surface area (Å²) in [4.78, 5) is 42.1. The number of rotatable bonds is 6. The molecule has 2 N–H and O–H groups in total. The number of halogens is 1. The summed E-state index contributed by atoms with van der Waals surface area (Å²) in [5.41, 5.74) is 6.60. The third kappa shape index (κ3) is 6.64. The first-order valence-corrected chi connectivity index (χ1v) is 15.3. The van der Waals surface area contributed by atoms with Crippen molar-refractivity contribution >= 4 is 46.0 Å². The normalized spacial score (nSPS) is 17.2. The van der Waals surface area contributed by atoms with Gasteiger partial charge in [0.05, 0.1) is 16.1 Å². The number of carbonyl (C=O) groups is 3. The molecule has 2 heterocycles. The summed E-state index contributed by atoms with van der Waals surface area (Å²) in [7, 11) is 0. The smallest absolute Gasteiger partial charge is 0.410 e. The van der Waals surface area contributed by atoms with Crippen LogP contribution in [0.25, 0.3) is 21.9 Å². The highest BCUT2D eigenvalue weighted by molar-refractivity contribution is 6.34. The van der Waals surface area contributed by atoms with Crippen LogP contribution in [0.2, 0.25) is 5.02 Å². The first kappa shape index (κ1) is 31.6. The van der Waals surface area contributed by atoms with Gasteiger partial charge in [0.2, 0.25) is 0 Å². The van der Waals surface area contributed by atoms with Gasteiger partial charge in [-0.25, -0.2) is 4.79 Å². The maximum atomic E-state index is 13.6. The Kier molecular flexibility index (Phi) is 8.57. The Morgan fingerprint density at radius 1 is 1.02 bits per heavy atom. The molecule has 3 aromatic carbocycles. The van der Waals surface area contributed by atoms with Crippen molar-refractivity contribution in [3.63, 3.8) is 0 Å². The van der Waals surface area contributed by atoms with Gasteiger partial charge in [-0.3, -0.25) is 9.59 Å². The van der Waals surface area contributed by atoms with Crippen LogP contribution >= 0.6 is 11.6 Å². The van der Waals surface area contributed by atoms with Gasteiger partial charge in [0.1, 0.15) is 17.1 Å². The number of fused-ring (bicyclic) bond motifs is 2. The third-order valence-electron chi connectivity index (χ3n) is 7.58. The van der Waals surface area contributed by atoms with Gasteiger partial charge in [0, 0.05) is 37.5 Å². The van der Waals surface area contributed by atoms with Crippen molar-refractivity contribution in [2.24, 2.45) is 17.1 Å². The number of carbonyl (C=O) groups excluding carboxylic acids is 3. The average molecular weight is 622 g/mol. The minimum Gasteiger partial charge on any atom is -0.478 e. The molecule has 2 amide bonds. The van der Waals surface area contributed by atoms with Crippen molar-refractivity contribution < 1.29 is 28.6 Å². The van der Waals surface area contributed by atoms with Gasteiger partial charge in [0.15, 0.2) is 6.10 Å². The SMILES string of the molecule is CC(C)(C)OC(=O)N1CC(CN2C(=O)[C@H](CCN)Oc3cc(-c4cc(OC(=O)C(C)(C)C)cc5ccccc45)c(Cl)cc32)C1. The first-order chi connectivity index (χ1) is 20.6. The fourth-order valence-corrected chi connectivity index (χ4v) is 5.58. The van der Waals surface area contributed by atoms with Crippen molar-refractivity contribution in [3.05, 3.63) is 53.6 Å². The molecule has 2 aliphatic rings. The van der Waals surface area contributed by atoms with Gasteiger partial charge in [-0.15, -0.1) is 0 Å². The van der Waals surface area contributed by atoms with Crippen LogP contribution < -0.4 is 20.1 Å². The Labute approximate surface area is 263 Å². The van der Waals surface area contributed by atoms with Gasteiger partial charge in [-0.05, 0) is 88.7 Å². The minimum absolute atomic E-state index is 0.0625. The van der Waals surface area contributed by atoms with Gasteiger partial charge >= 0.3 is 12.1 Å². The van der Waals surface area contributed by atoms with Gasteiger partial charge in [-0.2, -0.15) is 0 Å². The molecule has 5 rings (SSSR count). The second-order valence-electron chi connectivity index (χ2n) is 13.5. The van der Waals surface area contributed by atoms with E-state index in [-0.39, 0.29) is 30.4 Å². The van der Waals surface area contributed by atoms with Crippen LogP contribution in [-0.2, 0) is 14.3 Å².